The summed E-state index contributed by atoms with van der Waals surface area (Å²) in [5.74, 6) is -0.741. The first kappa shape index (κ1) is 16.5. The van der Waals surface area contributed by atoms with E-state index in [-0.39, 0.29) is 15.3 Å². The van der Waals surface area contributed by atoms with Crippen molar-refractivity contribution in [2.24, 2.45) is 0 Å². The molecule has 0 aliphatic rings. The van der Waals surface area contributed by atoms with E-state index in [0.717, 1.165) is 16.0 Å². The number of carbonyl (C=O) groups is 1. The van der Waals surface area contributed by atoms with Crippen LogP contribution in [0.3, 0.4) is 0 Å². The smallest absolute Gasteiger partial charge is 0.267 e. The van der Waals surface area contributed by atoms with Crippen molar-refractivity contribution >= 4 is 49.0 Å². The zero-order valence-electron chi connectivity index (χ0n) is 12.0. The number of fused-ring (bicyclic) bond motifs is 1. The number of carbonyl (C=O) groups excluding carboxylic acids is 1. The van der Waals surface area contributed by atoms with E-state index in [4.69, 9.17) is 16.9 Å². The van der Waals surface area contributed by atoms with Crippen molar-refractivity contribution in [3.8, 4) is 6.07 Å². The molecule has 1 N–H and O–H groups in total. The van der Waals surface area contributed by atoms with Crippen LogP contribution in [0.2, 0.25) is 5.02 Å². The molecule has 3 aromatic rings. The van der Waals surface area contributed by atoms with Crippen LogP contribution in [0.15, 0.2) is 53.4 Å². The van der Waals surface area contributed by atoms with Crippen molar-refractivity contribution in [1.29, 1.82) is 5.26 Å². The highest BCUT2D eigenvalue weighted by Crippen LogP contribution is 2.31. The SMILES string of the molecule is N#Cc1cccc(S(=O)(=O)NC(=O)c2cc3c(Cl)cccc3s2)c1. The Balaban J connectivity index is 1.92. The lowest BCUT2D eigenvalue weighted by Crippen LogP contribution is -2.30. The zero-order chi connectivity index (χ0) is 17.3. The molecule has 0 saturated heterocycles. The van der Waals surface area contributed by atoms with Gasteiger partial charge in [0.05, 0.1) is 21.4 Å². The Labute approximate surface area is 147 Å². The van der Waals surface area contributed by atoms with E-state index >= 15 is 0 Å². The van der Waals surface area contributed by atoms with Gasteiger partial charge in [0.25, 0.3) is 15.9 Å². The van der Waals surface area contributed by atoms with Gasteiger partial charge in [0.15, 0.2) is 0 Å². The number of nitrogens with one attached hydrogen (secondary N) is 1. The fourth-order valence-electron chi connectivity index (χ4n) is 2.10. The highest BCUT2D eigenvalue weighted by molar-refractivity contribution is 7.90. The Kier molecular flexibility index (Phi) is 4.28. The Morgan fingerprint density at radius 3 is 2.62 bits per heavy atom. The number of halogens is 1. The van der Waals surface area contributed by atoms with Crippen molar-refractivity contribution in [3.05, 3.63) is 64.0 Å². The maximum atomic E-state index is 12.3. The summed E-state index contributed by atoms with van der Waals surface area (Å²) in [5, 5.41) is 10.0. The molecule has 5 nitrogen and oxygen atoms in total. The summed E-state index contributed by atoms with van der Waals surface area (Å²) < 4.78 is 27.4. The normalized spacial score (nSPS) is 11.2. The van der Waals surface area contributed by atoms with Crippen molar-refractivity contribution < 1.29 is 13.2 Å². The molecule has 1 amide bonds. The first-order valence-corrected chi connectivity index (χ1v) is 9.34. The minimum Gasteiger partial charge on any atom is -0.267 e. The Bertz CT molecular complexity index is 1100. The fourth-order valence-corrected chi connectivity index (χ4v) is 4.45. The Hall–Kier alpha value is -2.40. The topological polar surface area (TPSA) is 87.0 Å². The van der Waals surface area contributed by atoms with E-state index in [2.05, 4.69) is 0 Å². The average molecular weight is 377 g/mol. The highest BCUT2D eigenvalue weighted by Gasteiger charge is 2.21. The number of thiophene rings is 1. The third kappa shape index (κ3) is 3.12. The van der Waals surface area contributed by atoms with Crippen LogP contribution >= 0.6 is 22.9 Å². The monoisotopic (exact) mass is 376 g/mol. The molecular formula is C16H9ClN2O3S2. The van der Waals surface area contributed by atoms with Crippen LogP contribution in [0.1, 0.15) is 15.2 Å². The van der Waals surface area contributed by atoms with Gasteiger partial charge in [0.2, 0.25) is 0 Å². The minimum atomic E-state index is -4.06. The van der Waals surface area contributed by atoms with Gasteiger partial charge in [-0.1, -0.05) is 23.7 Å². The van der Waals surface area contributed by atoms with Crippen LogP contribution in [0, 0.1) is 11.3 Å². The van der Waals surface area contributed by atoms with Crippen molar-refractivity contribution in [3.63, 3.8) is 0 Å². The molecule has 1 aromatic heterocycles. The molecule has 0 radical (unpaired) electrons. The average Bonchev–Trinajstić information content (AvgIpc) is 3.00. The maximum absolute atomic E-state index is 12.3. The Morgan fingerprint density at radius 1 is 1.17 bits per heavy atom. The lowest BCUT2D eigenvalue weighted by molar-refractivity contribution is 0.0985. The Morgan fingerprint density at radius 2 is 1.92 bits per heavy atom. The maximum Gasteiger partial charge on any atom is 0.275 e. The molecule has 0 aliphatic heterocycles. The number of amides is 1. The van der Waals surface area contributed by atoms with Crippen LogP contribution in [-0.2, 0) is 10.0 Å². The van der Waals surface area contributed by atoms with Gasteiger partial charge in [-0.3, -0.25) is 4.79 Å². The van der Waals surface area contributed by atoms with Gasteiger partial charge in [-0.15, -0.1) is 11.3 Å². The lowest BCUT2D eigenvalue weighted by atomic mass is 10.2. The summed E-state index contributed by atoms with van der Waals surface area (Å²) in [7, 11) is -4.06. The molecule has 0 fully saturated rings. The summed E-state index contributed by atoms with van der Waals surface area (Å²) in [6.07, 6.45) is 0. The second-order valence-corrected chi connectivity index (χ2v) is 8.01. The molecule has 0 bridgehead atoms. The quantitative estimate of drug-likeness (QED) is 0.757. The van der Waals surface area contributed by atoms with Crippen LogP contribution in [-0.4, -0.2) is 14.3 Å². The second kappa shape index (κ2) is 6.24. The van der Waals surface area contributed by atoms with Gasteiger partial charge < -0.3 is 0 Å². The number of sulfonamides is 1. The van der Waals surface area contributed by atoms with E-state index < -0.39 is 15.9 Å². The van der Waals surface area contributed by atoms with E-state index in [9.17, 15) is 13.2 Å². The molecule has 2 aromatic carbocycles. The van der Waals surface area contributed by atoms with Gasteiger partial charge in [-0.25, -0.2) is 13.1 Å². The van der Waals surface area contributed by atoms with E-state index in [0.29, 0.717) is 10.4 Å². The number of hydrogen-bond donors (Lipinski definition) is 1. The molecule has 0 saturated carbocycles. The molecule has 120 valence electrons. The molecule has 0 unspecified atom stereocenters. The molecule has 24 heavy (non-hydrogen) atoms. The van der Waals surface area contributed by atoms with Gasteiger partial charge in [-0.2, -0.15) is 5.26 Å². The van der Waals surface area contributed by atoms with Gasteiger partial charge in [0, 0.05) is 15.1 Å². The number of hydrogen-bond acceptors (Lipinski definition) is 5. The third-order valence-corrected chi connectivity index (χ3v) is 5.99. The summed E-state index contributed by atoms with van der Waals surface area (Å²) in [6.45, 7) is 0. The van der Waals surface area contributed by atoms with E-state index in [1.54, 1.807) is 24.3 Å². The molecular weight excluding hydrogens is 368 g/mol. The van der Waals surface area contributed by atoms with Crippen LogP contribution in [0.4, 0.5) is 0 Å². The van der Waals surface area contributed by atoms with Gasteiger partial charge in [-0.05, 0) is 36.4 Å². The molecule has 0 atom stereocenters. The fraction of sp³-hybridized carbons (Fsp3) is 0. The predicted octanol–water partition coefficient (Wildman–Crippen LogP) is 3.55. The largest absolute Gasteiger partial charge is 0.275 e. The summed E-state index contributed by atoms with van der Waals surface area (Å²) in [4.78, 5) is 12.4. The molecule has 1 heterocycles. The van der Waals surface area contributed by atoms with Crippen LogP contribution in [0.25, 0.3) is 10.1 Å². The summed E-state index contributed by atoms with van der Waals surface area (Å²) in [6, 6.07) is 14.1. The van der Waals surface area contributed by atoms with E-state index in [1.807, 2.05) is 10.8 Å². The first-order valence-electron chi connectivity index (χ1n) is 6.66. The third-order valence-electron chi connectivity index (χ3n) is 3.23. The van der Waals surface area contributed by atoms with Crippen molar-refractivity contribution in [2.45, 2.75) is 4.90 Å². The number of nitriles is 1. The van der Waals surface area contributed by atoms with E-state index in [1.165, 1.54) is 24.3 Å². The molecule has 0 spiro atoms. The van der Waals surface area contributed by atoms with Crippen molar-refractivity contribution in [2.75, 3.05) is 0 Å². The van der Waals surface area contributed by atoms with Crippen LogP contribution < -0.4 is 4.72 Å². The summed E-state index contributed by atoms with van der Waals surface area (Å²) >= 11 is 7.21. The number of nitrogens with zero attached hydrogens (tertiary/aromatic N) is 1. The minimum absolute atomic E-state index is 0.144. The van der Waals surface area contributed by atoms with Gasteiger partial charge in [0.1, 0.15) is 0 Å². The molecule has 8 heteroatoms. The summed E-state index contributed by atoms with van der Waals surface area (Å²) in [5.41, 5.74) is 0.193. The zero-order valence-corrected chi connectivity index (χ0v) is 14.4. The second-order valence-electron chi connectivity index (χ2n) is 4.84. The number of benzene rings is 2. The van der Waals surface area contributed by atoms with Crippen LogP contribution in [0.5, 0.6) is 0 Å². The predicted molar refractivity (Wildman–Crippen MR) is 92.6 cm³/mol. The van der Waals surface area contributed by atoms with Gasteiger partial charge >= 0.3 is 0 Å². The number of rotatable bonds is 3. The first-order chi connectivity index (χ1) is 11.4. The standard InChI is InChI=1S/C16H9ClN2O3S2/c17-13-5-2-6-14-12(13)8-15(23-14)16(20)19-24(21,22)11-4-1-3-10(7-11)9-18/h1-8H,(H,19,20). The molecule has 3 rings (SSSR count). The van der Waals surface area contributed by atoms with Crippen molar-refractivity contribution in [1.82, 2.24) is 4.72 Å². The highest BCUT2D eigenvalue weighted by atomic mass is 35.5. The molecule has 0 aliphatic carbocycles. The lowest BCUT2D eigenvalue weighted by Gasteiger charge is -2.05.